The molecule has 1 saturated heterocycles. The summed E-state index contributed by atoms with van der Waals surface area (Å²) in [6.45, 7) is 4.75. The Balaban J connectivity index is 1.28. The average molecular weight is 336 g/mol. The largest absolute Gasteiger partial charge is 0.421 e. The first kappa shape index (κ1) is 15.7. The summed E-state index contributed by atoms with van der Waals surface area (Å²) in [5.41, 5.74) is 0.956. The molecule has 128 valence electrons. The van der Waals surface area contributed by atoms with Gasteiger partial charge in [0.1, 0.15) is 0 Å². The minimum absolute atomic E-state index is 0.585. The smallest absolute Gasteiger partial charge is 0.247 e. The van der Waals surface area contributed by atoms with Gasteiger partial charge in [-0.3, -0.25) is 4.90 Å². The van der Waals surface area contributed by atoms with E-state index in [1.54, 1.807) is 12.4 Å². The lowest BCUT2D eigenvalue weighted by atomic mass is 10.2. The van der Waals surface area contributed by atoms with Gasteiger partial charge in [-0.2, -0.15) is 0 Å². The zero-order chi connectivity index (χ0) is 16.9. The summed E-state index contributed by atoms with van der Waals surface area (Å²) in [7, 11) is 0. The molecule has 3 heterocycles. The SMILES string of the molecule is c1ccc(-c2nnc(CCN3CCN(c4ncccn4)CC3)o2)cc1. The van der Waals surface area contributed by atoms with Crippen LogP contribution in [0.2, 0.25) is 0 Å². The van der Waals surface area contributed by atoms with Gasteiger partial charge < -0.3 is 9.32 Å². The summed E-state index contributed by atoms with van der Waals surface area (Å²) in [6.07, 6.45) is 4.34. The van der Waals surface area contributed by atoms with E-state index in [0.717, 1.165) is 50.7 Å². The molecule has 0 unspecified atom stereocenters. The fourth-order valence-electron chi connectivity index (χ4n) is 2.93. The molecule has 7 nitrogen and oxygen atoms in total. The Morgan fingerprint density at radius 2 is 1.64 bits per heavy atom. The fourth-order valence-corrected chi connectivity index (χ4v) is 2.93. The number of anilines is 1. The van der Waals surface area contributed by atoms with Crippen molar-refractivity contribution in [2.45, 2.75) is 6.42 Å². The van der Waals surface area contributed by atoms with Crippen LogP contribution in [0.25, 0.3) is 11.5 Å². The highest BCUT2D eigenvalue weighted by Crippen LogP contribution is 2.17. The molecular weight excluding hydrogens is 316 g/mol. The number of benzene rings is 1. The lowest BCUT2D eigenvalue weighted by molar-refractivity contribution is 0.253. The Labute approximate surface area is 146 Å². The first-order valence-electron chi connectivity index (χ1n) is 8.50. The topological polar surface area (TPSA) is 71.2 Å². The molecule has 2 aromatic heterocycles. The highest BCUT2D eigenvalue weighted by Gasteiger charge is 2.19. The molecule has 3 aromatic rings. The van der Waals surface area contributed by atoms with E-state index in [-0.39, 0.29) is 0 Å². The standard InChI is InChI=1S/C18H20N6O/c1-2-5-15(6-3-1)17-22-21-16(25-17)7-10-23-11-13-24(14-12-23)18-19-8-4-9-20-18/h1-6,8-9H,7,10-14H2. The van der Waals surface area contributed by atoms with Crippen molar-refractivity contribution in [3.05, 3.63) is 54.7 Å². The highest BCUT2D eigenvalue weighted by molar-refractivity contribution is 5.51. The summed E-state index contributed by atoms with van der Waals surface area (Å²) in [4.78, 5) is 13.3. The van der Waals surface area contributed by atoms with Gasteiger partial charge in [-0.25, -0.2) is 9.97 Å². The van der Waals surface area contributed by atoms with Crippen molar-refractivity contribution in [1.29, 1.82) is 0 Å². The molecule has 7 heteroatoms. The van der Waals surface area contributed by atoms with Gasteiger partial charge in [-0.15, -0.1) is 10.2 Å². The Morgan fingerprint density at radius 1 is 0.880 bits per heavy atom. The third-order valence-electron chi connectivity index (χ3n) is 4.34. The molecule has 1 aromatic carbocycles. The minimum atomic E-state index is 0.585. The van der Waals surface area contributed by atoms with Gasteiger partial charge in [0.05, 0.1) is 0 Å². The monoisotopic (exact) mass is 336 g/mol. The van der Waals surface area contributed by atoms with E-state index < -0.39 is 0 Å². The van der Waals surface area contributed by atoms with Gasteiger partial charge in [0.2, 0.25) is 17.7 Å². The maximum atomic E-state index is 5.77. The van der Waals surface area contributed by atoms with E-state index in [2.05, 4.69) is 30.0 Å². The van der Waals surface area contributed by atoms with Crippen LogP contribution >= 0.6 is 0 Å². The Bertz CT molecular complexity index is 784. The maximum absolute atomic E-state index is 5.77. The predicted molar refractivity (Wildman–Crippen MR) is 94.1 cm³/mol. The van der Waals surface area contributed by atoms with Crippen molar-refractivity contribution in [2.75, 3.05) is 37.6 Å². The van der Waals surface area contributed by atoms with Crippen LogP contribution < -0.4 is 4.90 Å². The molecule has 0 atom stereocenters. The number of aromatic nitrogens is 4. The maximum Gasteiger partial charge on any atom is 0.247 e. The molecule has 0 spiro atoms. The van der Waals surface area contributed by atoms with Crippen LogP contribution in [0.15, 0.2) is 53.2 Å². The number of hydrogen-bond donors (Lipinski definition) is 0. The van der Waals surface area contributed by atoms with E-state index in [0.29, 0.717) is 11.8 Å². The lowest BCUT2D eigenvalue weighted by Crippen LogP contribution is -2.47. The molecule has 0 radical (unpaired) electrons. The quantitative estimate of drug-likeness (QED) is 0.704. The van der Waals surface area contributed by atoms with Crippen molar-refractivity contribution in [1.82, 2.24) is 25.1 Å². The van der Waals surface area contributed by atoms with E-state index in [1.165, 1.54) is 0 Å². The summed E-state index contributed by atoms with van der Waals surface area (Å²) in [6, 6.07) is 11.7. The minimum Gasteiger partial charge on any atom is -0.421 e. The van der Waals surface area contributed by atoms with E-state index in [1.807, 2.05) is 36.4 Å². The molecule has 0 N–H and O–H groups in total. The second-order valence-electron chi connectivity index (χ2n) is 5.99. The molecule has 0 aliphatic carbocycles. The first-order chi connectivity index (χ1) is 12.4. The second kappa shape index (κ2) is 7.40. The highest BCUT2D eigenvalue weighted by atomic mass is 16.4. The first-order valence-corrected chi connectivity index (χ1v) is 8.50. The molecular formula is C18H20N6O. The van der Waals surface area contributed by atoms with Crippen LogP contribution in [0.4, 0.5) is 5.95 Å². The molecule has 0 bridgehead atoms. The Morgan fingerprint density at radius 3 is 2.40 bits per heavy atom. The van der Waals surface area contributed by atoms with Gasteiger partial charge in [-0.1, -0.05) is 18.2 Å². The van der Waals surface area contributed by atoms with Gasteiger partial charge >= 0.3 is 0 Å². The van der Waals surface area contributed by atoms with Crippen LogP contribution in [-0.2, 0) is 6.42 Å². The van der Waals surface area contributed by atoms with Crippen molar-refractivity contribution in [2.24, 2.45) is 0 Å². The number of piperazine rings is 1. The van der Waals surface area contributed by atoms with Crippen LogP contribution in [0.1, 0.15) is 5.89 Å². The van der Waals surface area contributed by atoms with Gasteiger partial charge in [0, 0.05) is 57.1 Å². The van der Waals surface area contributed by atoms with Crippen molar-refractivity contribution < 1.29 is 4.42 Å². The van der Waals surface area contributed by atoms with Crippen LogP contribution in [0.3, 0.4) is 0 Å². The summed E-state index contributed by atoms with van der Waals surface area (Å²) >= 11 is 0. The molecule has 0 saturated carbocycles. The number of hydrogen-bond acceptors (Lipinski definition) is 7. The van der Waals surface area contributed by atoms with Crippen molar-refractivity contribution in [3.8, 4) is 11.5 Å². The summed E-state index contributed by atoms with van der Waals surface area (Å²) in [5.74, 6) is 2.08. The molecule has 1 aliphatic rings. The van der Waals surface area contributed by atoms with Gasteiger partial charge in [-0.05, 0) is 18.2 Å². The Hall–Kier alpha value is -2.80. The zero-order valence-electron chi connectivity index (χ0n) is 14.0. The third-order valence-corrected chi connectivity index (χ3v) is 4.34. The van der Waals surface area contributed by atoms with Crippen LogP contribution in [0, 0.1) is 0 Å². The Kier molecular flexibility index (Phi) is 4.65. The lowest BCUT2D eigenvalue weighted by Gasteiger charge is -2.34. The predicted octanol–water partition coefficient (Wildman–Crippen LogP) is 1.89. The molecule has 1 aliphatic heterocycles. The molecule has 1 fully saturated rings. The zero-order valence-corrected chi connectivity index (χ0v) is 14.0. The number of rotatable bonds is 5. The van der Waals surface area contributed by atoms with Gasteiger partial charge in [0.15, 0.2) is 0 Å². The van der Waals surface area contributed by atoms with E-state index in [4.69, 9.17) is 4.42 Å². The molecule has 25 heavy (non-hydrogen) atoms. The number of nitrogens with zero attached hydrogens (tertiary/aromatic N) is 6. The van der Waals surface area contributed by atoms with Gasteiger partial charge in [0.25, 0.3) is 0 Å². The summed E-state index contributed by atoms with van der Waals surface area (Å²) < 4.78 is 5.77. The van der Waals surface area contributed by atoms with Crippen molar-refractivity contribution >= 4 is 5.95 Å². The molecule has 0 amide bonds. The van der Waals surface area contributed by atoms with E-state index in [9.17, 15) is 0 Å². The van der Waals surface area contributed by atoms with Crippen molar-refractivity contribution in [3.63, 3.8) is 0 Å². The van der Waals surface area contributed by atoms with Crippen LogP contribution in [-0.4, -0.2) is 57.8 Å². The van der Waals surface area contributed by atoms with Crippen LogP contribution in [0.5, 0.6) is 0 Å². The normalized spacial score (nSPS) is 15.4. The fraction of sp³-hybridized carbons (Fsp3) is 0.333. The molecule has 4 rings (SSSR count). The third kappa shape index (κ3) is 3.83. The second-order valence-corrected chi connectivity index (χ2v) is 5.99. The van der Waals surface area contributed by atoms with E-state index >= 15 is 0 Å². The average Bonchev–Trinajstić information content (AvgIpc) is 3.17. The summed E-state index contributed by atoms with van der Waals surface area (Å²) in [5, 5.41) is 8.31.